The van der Waals surface area contributed by atoms with Gasteiger partial charge in [0.15, 0.2) is 9.84 Å². The van der Waals surface area contributed by atoms with Gasteiger partial charge in [-0.1, -0.05) is 18.2 Å². The highest BCUT2D eigenvalue weighted by molar-refractivity contribution is 7.92. The van der Waals surface area contributed by atoms with E-state index in [1.54, 1.807) is 20.8 Å². The smallest absolute Gasteiger partial charge is 0.156 e. The van der Waals surface area contributed by atoms with Gasteiger partial charge in [-0.2, -0.15) is 0 Å². The van der Waals surface area contributed by atoms with Crippen LogP contribution in [0.1, 0.15) is 26.3 Å². The van der Waals surface area contributed by atoms with Crippen LogP contribution in [0, 0.1) is 6.92 Å². The number of benzene rings is 1. The maximum absolute atomic E-state index is 11.9. The van der Waals surface area contributed by atoms with E-state index >= 15 is 0 Å². The maximum Gasteiger partial charge on any atom is 0.156 e. The van der Waals surface area contributed by atoms with Crippen molar-refractivity contribution in [1.29, 1.82) is 0 Å². The van der Waals surface area contributed by atoms with Crippen LogP contribution in [0.2, 0.25) is 0 Å². The van der Waals surface area contributed by atoms with Crippen LogP contribution in [-0.2, 0) is 9.84 Å². The Balaban J connectivity index is 2.58. The monoisotopic (exact) mass is 255 g/mol. The molecule has 0 fully saturated rings. The zero-order chi connectivity index (χ0) is 13.1. The molecule has 0 saturated carbocycles. The van der Waals surface area contributed by atoms with Crippen LogP contribution in [0.3, 0.4) is 0 Å². The van der Waals surface area contributed by atoms with Crippen molar-refractivity contribution in [1.82, 2.24) is 0 Å². The molecule has 1 N–H and O–H groups in total. The number of para-hydroxylation sites is 1. The summed E-state index contributed by atoms with van der Waals surface area (Å²) < 4.78 is 23.1. The number of sulfone groups is 1. The maximum atomic E-state index is 11.9. The van der Waals surface area contributed by atoms with Gasteiger partial charge in [0.2, 0.25) is 0 Å². The molecule has 0 amide bonds. The van der Waals surface area contributed by atoms with E-state index in [0.717, 1.165) is 11.3 Å². The standard InChI is InChI=1S/C13H21NO2S/c1-11-7-5-6-8-12(11)14-9-10-17(15,16)13(2,3)4/h5-8,14H,9-10H2,1-4H3. The Labute approximate surface area is 104 Å². The van der Waals surface area contributed by atoms with Crippen LogP contribution in [0.5, 0.6) is 0 Å². The van der Waals surface area contributed by atoms with Gasteiger partial charge in [0.1, 0.15) is 0 Å². The molecule has 0 aliphatic carbocycles. The summed E-state index contributed by atoms with van der Waals surface area (Å²) in [6, 6.07) is 7.86. The van der Waals surface area contributed by atoms with Gasteiger partial charge >= 0.3 is 0 Å². The second kappa shape index (κ2) is 5.08. The summed E-state index contributed by atoms with van der Waals surface area (Å²) in [7, 11) is -3.04. The van der Waals surface area contributed by atoms with Crippen LogP contribution in [0.25, 0.3) is 0 Å². The minimum Gasteiger partial charge on any atom is -0.384 e. The Kier molecular flexibility index (Phi) is 4.20. The van der Waals surface area contributed by atoms with Gasteiger partial charge in [-0.25, -0.2) is 8.42 Å². The van der Waals surface area contributed by atoms with Gasteiger partial charge in [0, 0.05) is 12.2 Å². The van der Waals surface area contributed by atoms with E-state index < -0.39 is 14.6 Å². The van der Waals surface area contributed by atoms with E-state index in [1.807, 2.05) is 31.2 Å². The van der Waals surface area contributed by atoms with E-state index in [-0.39, 0.29) is 5.75 Å². The van der Waals surface area contributed by atoms with Crippen molar-refractivity contribution in [2.24, 2.45) is 0 Å². The van der Waals surface area contributed by atoms with Gasteiger partial charge in [0.05, 0.1) is 10.5 Å². The lowest BCUT2D eigenvalue weighted by molar-refractivity contribution is 0.560. The molecule has 0 aromatic heterocycles. The topological polar surface area (TPSA) is 46.2 Å². The number of hydrogen-bond acceptors (Lipinski definition) is 3. The van der Waals surface area contributed by atoms with Crippen molar-refractivity contribution in [3.63, 3.8) is 0 Å². The molecular formula is C13H21NO2S. The summed E-state index contributed by atoms with van der Waals surface area (Å²) in [5.41, 5.74) is 2.12. The molecular weight excluding hydrogens is 234 g/mol. The van der Waals surface area contributed by atoms with Crippen molar-refractivity contribution in [2.75, 3.05) is 17.6 Å². The van der Waals surface area contributed by atoms with Gasteiger partial charge in [-0.3, -0.25) is 0 Å². The number of hydrogen-bond donors (Lipinski definition) is 1. The Hall–Kier alpha value is -1.03. The number of aryl methyl sites for hydroxylation is 1. The third kappa shape index (κ3) is 3.73. The molecule has 1 aromatic rings. The fraction of sp³-hybridized carbons (Fsp3) is 0.538. The molecule has 1 aromatic carbocycles. The van der Waals surface area contributed by atoms with E-state index in [0.29, 0.717) is 6.54 Å². The van der Waals surface area contributed by atoms with Gasteiger partial charge in [-0.15, -0.1) is 0 Å². The first-order valence-electron chi connectivity index (χ1n) is 5.76. The molecule has 0 heterocycles. The molecule has 0 aliphatic rings. The highest BCUT2D eigenvalue weighted by Crippen LogP contribution is 2.17. The molecule has 0 aliphatic heterocycles. The molecule has 0 bridgehead atoms. The van der Waals surface area contributed by atoms with Crippen molar-refractivity contribution >= 4 is 15.5 Å². The van der Waals surface area contributed by atoms with E-state index in [9.17, 15) is 8.42 Å². The largest absolute Gasteiger partial charge is 0.384 e. The third-order valence-corrected chi connectivity index (χ3v) is 5.37. The number of nitrogens with one attached hydrogen (secondary N) is 1. The van der Waals surface area contributed by atoms with Gasteiger partial charge < -0.3 is 5.32 Å². The Bertz CT molecular complexity index is 472. The number of rotatable bonds is 4. The average molecular weight is 255 g/mol. The molecule has 0 saturated heterocycles. The first kappa shape index (κ1) is 14.0. The van der Waals surface area contributed by atoms with Gasteiger partial charge in [0.25, 0.3) is 0 Å². The predicted octanol–water partition coefficient (Wildman–Crippen LogP) is 2.62. The lowest BCUT2D eigenvalue weighted by Gasteiger charge is -2.19. The highest BCUT2D eigenvalue weighted by Gasteiger charge is 2.28. The average Bonchev–Trinajstić information content (AvgIpc) is 2.19. The SMILES string of the molecule is Cc1ccccc1NCCS(=O)(=O)C(C)(C)C. The number of anilines is 1. The zero-order valence-corrected chi connectivity index (χ0v) is 11.8. The Morgan fingerprint density at radius 1 is 1.18 bits per heavy atom. The van der Waals surface area contributed by atoms with E-state index in [4.69, 9.17) is 0 Å². The summed E-state index contributed by atoms with van der Waals surface area (Å²) >= 11 is 0. The molecule has 0 radical (unpaired) electrons. The quantitative estimate of drug-likeness (QED) is 0.899. The van der Waals surface area contributed by atoms with Crippen LogP contribution in [-0.4, -0.2) is 25.5 Å². The summed E-state index contributed by atoms with van der Waals surface area (Å²) in [4.78, 5) is 0. The van der Waals surface area contributed by atoms with Crippen LogP contribution in [0.15, 0.2) is 24.3 Å². The van der Waals surface area contributed by atoms with E-state index in [1.165, 1.54) is 0 Å². The molecule has 96 valence electrons. The molecule has 0 spiro atoms. The zero-order valence-electron chi connectivity index (χ0n) is 10.9. The normalized spacial score (nSPS) is 12.5. The third-order valence-electron chi connectivity index (χ3n) is 2.76. The second-order valence-corrected chi connectivity index (χ2v) is 8.04. The van der Waals surface area contributed by atoms with E-state index in [2.05, 4.69) is 5.32 Å². The highest BCUT2D eigenvalue weighted by atomic mass is 32.2. The predicted molar refractivity (Wildman–Crippen MR) is 73.2 cm³/mol. The summed E-state index contributed by atoms with van der Waals surface area (Å²) in [5.74, 6) is 0.158. The van der Waals surface area contributed by atoms with Crippen LogP contribution >= 0.6 is 0 Å². The summed E-state index contributed by atoms with van der Waals surface area (Å²) in [5, 5.41) is 3.16. The Morgan fingerprint density at radius 2 is 1.76 bits per heavy atom. The molecule has 0 atom stereocenters. The molecule has 0 unspecified atom stereocenters. The van der Waals surface area contributed by atoms with Crippen LogP contribution in [0.4, 0.5) is 5.69 Å². The van der Waals surface area contributed by atoms with Crippen molar-refractivity contribution in [3.8, 4) is 0 Å². The first-order chi connectivity index (χ1) is 7.74. The second-order valence-electron chi connectivity index (χ2n) is 5.17. The van der Waals surface area contributed by atoms with Crippen molar-refractivity contribution in [3.05, 3.63) is 29.8 Å². The fourth-order valence-corrected chi connectivity index (χ4v) is 2.38. The summed E-state index contributed by atoms with van der Waals surface area (Å²) in [6.07, 6.45) is 0. The molecule has 17 heavy (non-hydrogen) atoms. The minimum atomic E-state index is -3.04. The first-order valence-corrected chi connectivity index (χ1v) is 7.41. The lowest BCUT2D eigenvalue weighted by atomic mass is 10.2. The fourth-order valence-electron chi connectivity index (χ4n) is 1.40. The van der Waals surface area contributed by atoms with Crippen LogP contribution < -0.4 is 5.32 Å². The lowest BCUT2D eigenvalue weighted by Crippen LogP contribution is -2.32. The Morgan fingerprint density at radius 3 is 2.29 bits per heavy atom. The molecule has 4 heteroatoms. The molecule has 1 rings (SSSR count). The summed E-state index contributed by atoms with van der Waals surface area (Å²) in [6.45, 7) is 7.65. The van der Waals surface area contributed by atoms with Crippen molar-refractivity contribution in [2.45, 2.75) is 32.4 Å². The van der Waals surface area contributed by atoms with Gasteiger partial charge in [-0.05, 0) is 39.3 Å². The van der Waals surface area contributed by atoms with Crippen molar-refractivity contribution < 1.29 is 8.42 Å². The minimum absolute atomic E-state index is 0.158. The molecule has 3 nitrogen and oxygen atoms in total.